The van der Waals surface area contributed by atoms with Crippen molar-refractivity contribution in [1.82, 2.24) is 19.9 Å². The number of aromatic nitrogens is 4. The van der Waals surface area contributed by atoms with Crippen molar-refractivity contribution in [2.75, 3.05) is 0 Å². The third-order valence-corrected chi connectivity index (χ3v) is 3.79. The van der Waals surface area contributed by atoms with Crippen LogP contribution in [0.1, 0.15) is 18.3 Å². The van der Waals surface area contributed by atoms with Crippen LogP contribution in [-0.2, 0) is 6.42 Å². The maximum Gasteiger partial charge on any atom is 0.223 e. The molecule has 6 heteroatoms. The van der Waals surface area contributed by atoms with Gasteiger partial charge >= 0.3 is 0 Å². The van der Waals surface area contributed by atoms with Gasteiger partial charge < -0.3 is 4.74 Å². The fourth-order valence-corrected chi connectivity index (χ4v) is 2.53. The minimum Gasteiger partial charge on any atom is -0.436 e. The van der Waals surface area contributed by atoms with Crippen molar-refractivity contribution in [1.29, 1.82) is 0 Å². The molecule has 0 aliphatic carbocycles. The van der Waals surface area contributed by atoms with Gasteiger partial charge in [0.15, 0.2) is 11.6 Å². The molecule has 0 atom stereocenters. The third-order valence-electron chi connectivity index (χ3n) is 3.22. The maximum absolute atomic E-state index is 5.89. The number of ether oxygens (including phenoxy) is 1. The summed E-state index contributed by atoms with van der Waals surface area (Å²) in [5.74, 6) is 1.74. The lowest BCUT2D eigenvalue weighted by Gasteiger charge is -2.10. The van der Waals surface area contributed by atoms with Crippen molar-refractivity contribution in [3.05, 3.63) is 58.7 Å². The second-order valence-electron chi connectivity index (χ2n) is 4.95. The van der Waals surface area contributed by atoms with Gasteiger partial charge in [-0.25, -0.2) is 9.97 Å². The van der Waals surface area contributed by atoms with Crippen molar-refractivity contribution >= 4 is 15.9 Å². The van der Waals surface area contributed by atoms with Crippen LogP contribution < -0.4 is 4.74 Å². The van der Waals surface area contributed by atoms with Crippen LogP contribution in [0, 0.1) is 6.92 Å². The molecule has 0 bridgehead atoms. The zero-order chi connectivity index (χ0) is 16.2. The van der Waals surface area contributed by atoms with E-state index in [1.165, 1.54) is 0 Å². The van der Waals surface area contributed by atoms with Gasteiger partial charge in [-0.15, -0.1) is 0 Å². The zero-order valence-electron chi connectivity index (χ0n) is 12.8. The van der Waals surface area contributed by atoms with Crippen LogP contribution in [0.25, 0.3) is 11.4 Å². The highest BCUT2D eigenvalue weighted by Crippen LogP contribution is 2.28. The summed E-state index contributed by atoms with van der Waals surface area (Å²) in [5, 5.41) is 0. The Morgan fingerprint density at radius 1 is 1.04 bits per heavy atom. The van der Waals surface area contributed by atoms with E-state index in [9.17, 15) is 0 Å². The maximum atomic E-state index is 5.89. The lowest BCUT2D eigenvalue weighted by molar-refractivity contribution is 0.455. The van der Waals surface area contributed by atoms with E-state index in [0.29, 0.717) is 22.1 Å². The molecule has 5 nitrogen and oxygen atoms in total. The van der Waals surface area contributed by atoms with E-state index < -0.39 is 0 Å². The van der Waals surface area contributed by atoms with Crippen LogP contribution in [-0.4, -0.2) is 19.9 Å². The Kier molecular flexibility index (Phi) is 4.62. The molecule has 0 aliphatic rings. The van der Waals surface area contributed by atoms with Gasteiger partial charge in [0.25, 0.3) is 0 Å². The first kappa shape index (κ1) is 15.6. The molecule has 3 rings (SSSR count). The van der Waals surface area contributed by atoms with Crippen molar-refractivity contribution in [3.8, 4) is 23.0 Å². The summed E-state index contributed by atoms with van der Waals surface area (Å²) in [6.07, 6.45) is 4.24. The Morgan fingerprint density at radius 3 is 2.52 bits per heavy atom. The highest BCUT2D eigenvalue weighted by atomic mass is 79.9. The molecule has 23 heavy (non-hydrogen) atoms. The van der Waals surface area contributed by atoms with E-state index in [-0.39, 0.29) is 0 Å². The van der Waals surface area contributed by atoms with E-state index in [2.05, 4.69) is 35.9 Å². The third kappa shape index (κ3) is 3.71. The number of pyridine rings is 2. The molecule has 0 radical (unpaired) electrons. The van der Waals surface area contributed by atoms with Crippen molar-refractivity contribution in [2.45, 2.75) is 20.3 Å². The van der Waals surface area contributed by atoms with Crippen molar-refractivity contribution in [3.63, 3.8) is 0 Å². The molecule has 0 amide bonds. The number of halogens is 1. The second-order valence-corrected chi connectivity index (χ2v) is 5.71. The van der Waals surface area contributed by atoms with Gasteiger partial charge in [-0.3, -0.25) is 4.98 Å². The topological polar surface area (TPSA) is 60.8 Å². The number of hydrogen-bond donors (Lipinski definition) is 0. The molecule has 0 N–H and O–H groups in total. The predicted molar refractivity (Wildman–Crippen MR) is 91.4 cm³/mol. The highest BCUT2D eigenvalue weighted by Gasteiger charge is 2.10. The molecule has 0 aliphatic heterocycles. The summed E-state index contributed by atoms with van der Waals surface area (Å²) < 4.78 is 6.55. The molecule has 0 saturated carbocycles. The zero-order valence-corrected chi connectivity index (χ0v) is 14.4. The standard InChI is InChI=1S/C17H15BrN4O/c1-3-13-10-15(23-14-5-4-11(2)20-16(14)18)22-17(21-13)12-6-8-19-9-7-12/h4-10H,3H2,1-2H3. The first-order chi connectivity index (χ1) is 11.2. The molecule has 0 aromatic carbocycles. The molecule has 3 heterocycles. The van der Waals surface area contributed by atoms with Crippen LogP contribution in [0.2, 0.25) is 0 Å². The molecule has 116 valence electrons. The molecule has 0 saturated heterocycles. The van der Waals surface area contributed by atoms with Gasteiger partial charge in [-0.05, 0) is 53.5 Å². The van der Waals surface area contributed by atoms with Gasteiger partial charge in [-0.1, -0.05) is 6.92 Å². The molecule has 3 aromatic heterocycles. The summed E-state index contributed by atoms with van der Waals surface area (Å²) in [5.41, 5.74) is 2.73. The van der Waals surface area contributed by atoms with Gasteiger partial charge in [0.05, 0.1) is 0 Å². The molecular formula is C17H15BrN4O. The summed E-state index contributed by atoms with van der Waals surface area (Å²) in [6, 6.07) is 9.36. The monoisotopic (exact) mass is 370 g/mol. The molecule has 0 unspecified atom stereocenters. The minimum atomic E-state index is 0.495. The van der Waals surface area contributed by atoms with E-state index in [1.54, 1.807) is 12.4 Å². The predicted octanol–water partition coefficient (Wildman–Crippen LogP) is 4.36. The minimum absolute atomic E-state index is 0.495. The average molecular weight is 371 g/mol. The smallest absolute Gasteiger partial charge is 0.223 e. The van der Waals surface area contributed by atoms with Crippen molar-refractivity contribution in [2.24, 2.45) is 0 Å². The summed E-state index contributed by atoms with van der Waals surface area (Å²) in [4.78, 5) is 17.4. The molecular weight excluding hydrogens is 356 g/mol. The second kappa shape index (κ2) is 6.83. The Hall–Kier alpha value is -2.34. The largest absolute Gasteiger partial charge is 0.436 e. The Bertz CT molecular complexity index is 824. The lowest BCUT2D eigenvalue weighted by Crippen LogP contribution is -1.99. The number of nitrogens with zero attached hydrogens (tertiary/aromatic N) is 4. The van der Waals surface area contributed by atoms with E-state index >= 15 is 0 Å². The summed E-state index contributed by atoms with van der Waals surface area (Å²) >= 11 is 3.42. The quantitative estimate of drug-likeness (QED) is 0.638. The Balaban J connectivity index is 1.99. The summed E-state index contributed by atoms with van der Waals surface area (Å²) in [6.45, 7) is 3.97. The van der Waals surface area contributed by atoms with E-state index in [4.69, 9.17) is 4.74 Å². The first-order valence-electron chi connectivity index (χ1n) is 7.25. The van der Waals surface area contributed by atoms with Gasteiger partial charge in [0, 0.05) is 35.4 Å². The Labute approximate surface area is 143 Å². The highest BCUT2D eigenvalue weighted by molar-refractivity contribution is 9.10. The average Bonchev–Trinajstić information content (AvgIpc) is 2.58. The van der Waals surface area contributed by atoms with Gasteiger partial charge in [0.2, 0.25) is 5.88 Å². The summed E-state index contributed by atoms with van der Waals surface area (Å²) in [7, 11) is 0. The van der Waals surface area contributed by atoms with E-state index in [0.717, 1.165) is 23.4 Å². The van der Waals surface area contributed by atoms with Crippen molar-refractivity contribution < 1.29 is 4.74 Å². The van der Waals surface area contributed by atoms with Gasteiger partial charge in [-0.2, -0.15) is 4.98 Å². The van der Waals surface area contributed by atoms with Crippen LogP contribution in [0.4, 0.5) is 0 Å². The molecule has 3 aromatic rings. The Morgan fingerprint density at radius 2 is 1.83 bits per heavy atom. The fraction of sp³-hybridized carbons (Fsp3) is 0.176. The van der Waals surface area contributed by atoms with E-state index in [1.807, 2.05) is 44.2 Å². The fourth-order valence-electron chi connectivity index (χ4n) is 2.04. The first-order valence-corrected chi connectivity index (χ1v) is 8.04. The van der Waals surface area contributed by atoms with Gasteiger partial charge in [0.1, 0.15) is 4.60 Å². The van der Waals surface area contributed by atoms with Crippen LogP contribution in [0.3, 0.4) is 0 Å². The normalized spacial score (nSPS) is 10.6. The number of hydrogen-bond acceptors (Lipinski definition) is 5. The SMILES string of the molecule is CCc1cc(Oc2ccc(C)nc2Br)nc(-c2ccncc2)n1. The number of rotatable bonds is 4. The lowest BCUT2D eigenvalue weighted by atomic mass is 10.2. The van der Waals surface area contributed by atoms with Crippen LogP contribution in [0.5, 0.6) is 11.6 Å². The number of aryl methyl sites for hydroxylation is 2. The van der Waals surface area contributed by atoms with Crippen LogP contribution >= 0.6 is 15.9 Å². The molecule has 0 fully saturated rings. The molecule has 0 spiro atoms. The van der Waals surface area contributed by atoms with Crippen LogP contribution in [0.15, 0.2) is 47.3 Å².